The van der Waals surface area contributed by atoms with E-state index in [2.05, 4.69) is 21.8 Å². The Morgan fingerprint density at radius 3 is 2.19 bits per heavy atom. The summed E-state index contributed by atoms with van der Waals surface area (Å²) in [4.78, 5) is 44.1. The normalized spacial score (nSPS) is 15.8. The summed E-state index contributed by atoms with van der Waals surface area (Å²) in [5.74, 6) is -0.488. The van der Waals surface area contributed by atoms with Gasteiger partial charge in [-0.15, -0.1) is 0 Å². The number of urea groups is 1. The van der Waals surface area contributed by atoms with Crippen LogP contribution in [0, 0.1) is 6.92 Å². The number of hydrogen-bond acceptors (Lipinski definition) is 4. The maximum atomic E-state index is 13.1. The summed E-state index contributed by atoms with van der Waals surface area (Å²) in [5.41, 5.74) is 11.0. The standard InChI is InChI=1S/C28H32N6O3/c1-19-25(26(29)35)23-18-33(13-12-24(23)34(19)22-6-4-3-5-7-22)28(37)30-21-10-8-20(9-11-21)27(36)32-16-14-31(2)15-17-32/h3-11H,12-18H2,1-2H3,(H2,29,35)(H,30,37). The molecule has 0 atom stereocenters. The molecular formula is C28H32N6O3. The zero-order valence-corrected chi connectivity index (χ0v) is 21.2. The zero-order chi connectivity index (χ0) is 26.1. The van der Waals surface area contributed by atoms with Gasteiger partial charge in [-0.05, 0) is 50.4 Å². The van der Waals surface area contributed by atoms with Crippen LogP contribution >= 0.6 is 0 Å². The van der Waals surface area contributed by atoms with Crippen molar-refractivity contribution >= 4 is 23.5 Å². The lowest BCUT2D eigenvalue weighted by atomic mass is 10.0. The van der Waals surface area contributed by atoms with Crippen molar-refractivity contribution in [1.29, 1.82) is 0 Å². The van der Waals surface area contributed by atoms with Crippen molar-refractivity contribution in [3.8, 4) is 5.69 Å². The number of likely N-dealkylation sites (N-methyl/N-ethyl adjacent to an activating group) is 1. The summed E-state index contributed by atoms with van der Waals surface area (Å²) in [6, 6.07) is 16.6. The fourth-order valence-corrected chi connectivity index (χ4v) is 5.27. The van der Waals surface area contributed by atoms with E-state index in [4.69, 9.17) is 5.73 Å². The Hall–Kier alpha value is -4.11. The number of nitrogens with one attached hydrogen (secondary N) is 1. The maximum absolute atomic E-state index is 13.1. The molecule has 5 rings (SSSR count). The van der Waals surface area contributed by atoms with Gasteiger partial charge in [0.1, 0.15) is 0 Å². The number of rotatable bonds is 4. The summed E-state index contributed by atoms with van der Waals surface area (Å²) < 4.78 is 2.07. The minimum absolute atomic E-state index is 0.00631. The third-order valence-corrected chi connectivity index (χ3v) is 7.31. The van der Waals surface area contributed by atoms with Gasteiger partial charge in [0.2, 0.25) is 0 Å². The number of hydrogen-bond donors (Lipinski definition) is 2. The number of fused-ring (bicyclic) bond motifs is 1. The quantitative estimate of drug-likeness (QED) is 0.575. The summed E-state index contributed by atoms with van der Waals surface area (Å²) in [6.07, 6.45) is 0.601. The predicted octanol–water partition coefficient (Wildman–Crippen LogP) is 2.86. The first kappa shape index (κ1) is 24.6. The number of para-hydroxylation sites is 1. The van der Waals surface area contributed by atoms with Gasteiger partial charge >= 0.3 is 6.03 Å². The summed E-state index contributed by atoms with van der Waals surface area (Å²) in [7, 11) is 2.05. The van der Waals surface area contributed by atoms with Crippen LogP contribution in [0.2, 0.25) is 0 Å². The molecule has 4 amide bonds. The van der Waals surface area contributed by atoms with Gasteiger partial charge in [-0.1, -0.05) is 18.2 Å². The first-order chi connectivity index (χ1) is 17.8. The van der Waals surface area contributed by atoms with Gasteiger partial charge in [-0.3, -0.25) is 9.59 Å². The van der Waals surface area contributed by atoms with Gasteiger partial charge < -0.3 is 30.3 Å². The molecule has 9 nitrogen and oxygen atoms in total. The molecule has 1 saturated heterocycles. The highest BCUT2D eigenvalue weighted by Crippen LogP contribution is 2.31. The number of benzene rings is 2. The van der Waals surface area contributed by atoms with Crippen LogP contribution in [0.1, 0.15) is 37.7 Å². The monoisotopic (exact) mass is 500 g/mol. The first-order valence-corrected chi connectivity index (χ1v) is 12.6. The van der Waals surface area contributed by atoms with Crippen LogP contribution in [-0.4, -0.2) is 76.9 Å². The fourth-order valence-electron chi connectivity index (χ4n) is 5.27. The van der Waals surface area contributed by atoms with Gasteiger partial charge in [0.25, 0.3) is 11.8 Å². The fraction of sp³-hybridized carbons (Fsp3) is 0.321. The van der Waals surface area contributed by atoms with E-state index in [0.29, 0.717) is 49.4 Å². The third-order valence-electron chi connectivity index (χ3n) is 7.31. The van der Waals surface area contributed by atoms with Gasteiger partial charge in [0, 0.05) is 73.0 Å². The van der Waals surface area contributed by atoms with Gasteiger partial charge in [0.05, 0.1) is 12.1 Å². The Balaban J connectivity index is 1.30. The van der Waals surface area contributed by atoms with E-state index in [1.807, 2.05) is 42.2 Å². The van der Waals surface area contributed by atoms with E-state index >= 15 is 0 Å². The molecule has 1 fully saturated rings. The Morgan fingerprint density at radius 2 is 1.54 bits per heavy atom. The molecule has 2 aromatic carbocycles. The topological polar surface area (TPSA) is 104 Å². The van der Waals surface area contributed by atoms with Crippen molar-refractivity contribution in [3.05, 3.63) is 82.7 Å². The van der Waals surface area contributed by atoms with Crippen molar-refractivity contribution in [1.82, 2.24) is 19.3 Å². The predicted molar refractivity (Wildman–Crippen MR) is 142 cm³/mol. The molecule has 1 aromatic heterocycles. The smallest absolute Gasteiger partial charge is 0.322 e. The lowest BCUT2D eigenvalue weighted by molar-refractivity contribution is 0.0664. The number of nitrogens with zero attached hydrogens (tertiary/aromatic N) is 4. The number of amides is 4. The average molecular weight is 501 g/mol. The minimum Gasteiger partial charge on any atom is -0.366 e. The van der Waals surface area contributed by atoms with Crippen LogP contribution in [0.15, 0.2) is 54.6 Å². The van der Waals surface area contributed by atoms with Crippen LogP contribution < -0.4 is 11.1 Å². The SMILES string of the molecule is Cc1c(C(N)=O)c2c(n1-c1ccccc1)CCN(C(=O)Nc1ccc(C(=O)N3CCN(C)CC3)cc1)C2. The molecule has 0 saturated carbocycles. The van der Waals surface area contributed by atoms with Crippen LogP contribution in [0.4, 0.5) is 10.5 Å². The van der Waals surface area contributed by atoms with Gasteiger partial charge in [0.15, 0.2) is 0 Å². The third kappa shape index (κ3) is 4.82. The molecule has 192 valence electrons. The Morgan fingerprint density at radius 1 is 0.865 bits per heavy atom. The molecule has 0 bridgehead atoms. The molecule has 9 heteroatoms. The Bertz CT molecular complexity index is 1320. The highest BCUT2D eigenvalue weighted by Gasteiger charge is 2.31. The van der Waals surface area contributed by atoms with Crippen molar-refractivity contribution in [2.45, 2.75) is 19.9 Å². The zero-order valence-electron chi connectivity index (χ0n) is 21.2. The number of piperazine rings is 1. The number of carbonyl (C=O) groups is 3. The Labute approximate surface area is 216 Å². The number of anilines is 1. The van der Waals surface area contributed by atoms with Crippen molar-refractivity contribution in [2.75, 3.05) is 45.1 Å². The highest BCUT2D eigenvalue weighted by molar-refractivity contribution is 5.97. The largest absolute Gasteiger partial charge is 0.366 e. The van der Waals surface area contributed by atoms with E-state index in [9.17, 15) is 14.4 Å². The molecule has 3 heterocycles. The second-order valence-electron chi connectivity index (χ2n) is 9.70. The molecule has 2 aliphatic heterocycles. The molecule has 37 heavy (non-hydrogen) atoms. The first-order valence-electron chi connectivity index (χ1n) is 12.6. The average Bonchev–Trinajstić information content (AvgIpc) is 3.20. The van der Waals surface area contributed by atoms with Gasteiger partial charge in [-0.25, -0.2) is 4.79 Å². The van der Waals surface area contributed by atoms with Crippen LogP contribution in [0.3, 0.4) is 0 Å². The molecule has 3 aromatic rings. The van der Waals surface area contributed by atoms with Crippen molar-refractivity contribution < 1.29 is 14.4 Å². The highest BCUT2D eigenvalue weighted by atomic mass is 16.2. The summed E-state index contributed by atoms with van der Waals surface area (Å²) in [5, 5.41) is 2.93. The van der Waals surface area contributed by atoms with Crippen molar-refractivity contribution in [3.63, 3.8) is 0 Å². The number of primary amides is 1. The molecule has 0 aliphatic carbocycles. The lowest BCUT2D eigenvalue weighted by Gasteiger charge is -2.32. The van der Waals surface area contributed by atoms with Crippen LogP contribution in [0.5, 0.6) is 0 Å². The molecular weight excluding hydrogens is 468 g/mol. The van der Waals surface area contributed by atoms with E-state index in [-0.39, 0.29) is 11.9 Å². The summed E-state index contributed by atoms with van der Waals surface area (Å²) in [6.45, 7) is 5.84. The molecule has 0 radical (unpaired) electrons. The molecule has 0 unspecified atom stereocenters. The minimum atomic E-state index is -0.494. The van der Waals surface area contributed by atoms with Crippen LogP contribution in [-0.2, 0) is 13.0 Å². The van der Waals surface area contributed by atoms with E-state index in [1.165, 1.54) is 0 Å². The van der Waals surface area contributed by atoms with Crippen LogP contribution in [0.25, 0.3) is 5.69 Å². The molecule has 0 spiro atoms. The lowest BCUT2D eigenvalue weighted by Crippen LogP contribution is -2.47. The molecule has 3 N–H and O–H groups in total. The van der Waals surface area contributed by atoms with Gasteiger partial charge in [-0.2, -0.15) is 0 Å². The van der Waals surface area contributed by atoms with E-state index < -0.39 is 5.91 Å². The number of aromatic nitrogens is 1. The maximum Gasteiger partial charge on any atom is 0.322 e. The Kier molecular flexibility index (Phi) is 6.71. The second kappa shape index (κ2) is 10.1. The van der Waals surface area contributed by atoms with E-state index in [0.717, 1.165) is 35.7 Å². The summed E-state index contributed by atoms with van der Waals surface area (Å²) >= 11 is 0. The molecule has 2 aliphatic rings. The number of nitrogens with two attached hydrogens (primary N) is 1. The van der Waals surface area contributed by atoms with E-state index in [1.54, 1.807) is 29.2 Å². The van der Waals surface area contributed by atoms with Crippen molar-refractivity contribution in [2.24, 2.45) is 5.73 Å². The number of carbonyl (C=O) groups excluding carboxylic acids is 3. The second-order valence-corrected chi connectivity index (χ2v) is 9.70.